The molecule has 0 spiro atoms. The smallest absolute Gasteiger partial charge is 0.321 e. The van der Waals surface area contributed by atoms with Gasteiger partial charge in [-0.25, -0.2) is 8.42 Å². The van der Waals surface area contributed by atoms with Gasteiger partial charge in [0.05, 0.1) is 23.4 Å². The molecule has 2 aromatic carbocycles. The molecule has 29 heavy (non-hydrogen) atoms. The molecule has 0 saturated heterocycles. The number of ether oxygens (including phenoxy) is 1. The van der Waals surface area contributed by atoms with Crippen molar-refractivity contribution < 1.29 is 27.5 Å². The third-order valence-corrected chi connectivity index (χ3v) is 6.14. The number of imide groups is 1. The van der Waals surface area contributed by atoms with Crippen molar-refractivity contribution in [1.29, 1.82) is 0 Å². The predicted molar refractivity (Wildman–Crippen MR) is 106 cm³/mol. The van der Waals surface area contributed by atoms with Crippen LogP contribution in [0.25, 0.3) is 0 Å². The van der Waals surface area contributed by atoms with Gasteiger partial charge < -0.3 is 4.74 Å². The van der Waals surface area contributed by atoms with Crippen molar-refractivity contribution >= 4 is 27.6 Å². The zero-order valence-electron chi connectivity index (χ0n) is 15.7. The number of rotatable bonds is 9. The van der Waals surface area contributed by atoms with Gasteiger partial charge >= 0.3 is 5.97 Å². The first-order valence-corrected chi connectivity index (χ1v) is 11.0. The summed E-state index contributed by atoms with van der Waals surface area (Å²) in [7, 11) is -3.59. The van der Waals surface area contributed by atoms with E-state index in [0.29, 0.717) is 24.0 Å². The van der Waals surface area contributed by atoms with Crippen LogP contribution in [0, 0.1) is 0 Å². The topological polar surface area (TPSA) is 97.8 Å². The van der Waals surface area contributed by atoms with Gasteiger partial charge in [-0.1, -0.05) is 42.5 Å². The van der Waals surface area contributed by atoms with E-state index in [1.54, 1.807) is 24.3 Å². The Hall–Kier alpha value is -3.00. The Morgan fingerprint density at radius 2 is 1.48 bits per heavy atom. The molecule has 0 N–H and O–H groups in total. The lowest BCUT2D eigenvalue weighted by atomic mass is 10.1. The molecule has 1 heterocycles. The number of carbonyl (C=O) groups excluding carboxylic acids is 3. The zero-order valence-corrected chi connectivity index (χ0v) is 16.6. The molecule has 0 atom stereocenters. The van der Waals surface area contributed by atoms with Gasteiger partial charge in [0, 0.05) is 0 Å². The summed E-state index contributed by atoms with van der Waals surface area (Å²) in [6, 6.07) is 15.9. The third kappa shape index (κ3) is 5.29. The van der Waals surface area contributed by atoms with E-state index in [1.807, 2.05) is 30.3 Å². The molecule has 0 saturated carbocycles. The summed E-state index contributed by atoms with van der Waals surface area (Å²) in [5.41, 5.74) is 1.65. The first-order valence-electron chi connectivity index (χ1n) is 9.22. The molecule has 0 aromatic heterocycles. The Morgan fingerprint density at radius 1 is 0.897 bits per heavy atom. The number of nitrogens with zero attached hydrogens (tertiary/aromatic N) is 1. The maximum absolute atomic E-state index is 12.2. The lowest BCUT2D eigenvalue weighted by Crippen LogP contribution is -2.34. The van der Waals surface area contributed by atoms with Crippen molar-refractivity contribution in [2.24, 2.45) is 0 Å². The van der Waals surface area contributed by atoms with E-state index in [4.69, 9.17) is 4.74 Å². The number of hydrogen-bond acceptors (Lipinski definition) is 6. The highest BCUT2D eigenvalue weighted by Crippen LogP contribution is 2.21. The number of fused-ring (bicyclic) bond motifs is 1. The number of amides is 2. The van der Waals surface area contributed by atoms with Crippen molar-refractivity contribution in [3.05, 3.63) is 71.3 Å². The minimum absolute atomic E-state index is 0.116. The van der Waals surface area contributed by atoms with Crippen molar-refractivity contribution in [2.75, 3.05) is 24.7 Å². The molecule has 0 unspecified atom stereocenters. The highest BCUT2D eigenvalue weighted by Gasteiger charge is 2.34. The summed E-state index contributed by atoms with van der Waals surface area (Å²) in [5, 5.41) is 0. The van der Waals surface area contributed by atoms with Crippen LogP contribution in [0.3, 0.4) is 0 Å². The first kappa shape index (κ1) is 20.7. The maximum Gasteiger partial charge on any atom is 0.321 e. The fraction of sp³-hybridized carbons (Fsp3) is 0.286. The monoisotopic (exact) mass is 415 g/mol. The molecule has 7 nitrogen and oxygen atoms in total. The normalized spacial score (nSPS) is 13.4. The van der Waals surface area contributed by atoms with E-state index < -0.39 is 33.4 Å². The van der Waals surface area contributed by atoms with Crippen LogP contribution >= 0.6 is 0 Å². The van der Waals surface area contributed by atoms with Crippen LogP contribution in [0.5, 0.6) is 0 Å². The molecule has 2 amide bonds. The standard InChI is InChI=1S/C21H21NO6S/c23-19(15-29(26,27)14-6-9-16-7-2-1-3-8-16)28-13-12-22-20(24)17-10-4-5-11-18(17)21(22)25/h1-5,7-8,10-11H,6,9,12-15H2. The Labute approximate surface area is 169 Å². The van der Waals surface area contributed by atoms with E-state index in [2.05, 4.69) is 0 Å². The van der Waals surface area contributed by atoms with Crippen molar-refractivity contribution in [3.63, 3.8) is 0 Å². The minimum atomic E-state index is -3.59. The first-order chi connectivity index (χ1) is 13.9. The SMILES string of the molecule is O=C(CS(=O)(=O)CCCc1ccccc1)OCCN1C(=O)c2ccccc2C1=O. The average Bonchev–Trinajstić information content (AvgIpc) is 2.93. The van der Waals surface area contributed by atoms with Crippen LogP contribution in [0.2, 0.25) is 0 Å². The number of aryl methyl sites for hydroxylation is 1. The molecular formula is C21H21NO6S. The van der Waals surface area contributed by atoms with E-state index >= 15 is 0 Å². The van der Waals surface area contributed by atoms with Crippen LogP contribution in [0.4, 0.5) is 0 Å². The summed E-state index contributed by atoms with van der Waals surface area (Å²) >= 11 is 0. The second-order valence-corrected chi connectivity index (χ2v) is 8.89. The largest absolute Gasteiger partial charge is 0.463 e. The second-order valence-electron chi connectivity index (χ2n) is 6.71. The maximum atomic E-state index is 12.2. The highest BCUT2D eigenvalue weighted by atomic mass is 32.2. The molecule has 152 valence electrons. The minimum Gasteiger partial charge on any atom is -0.463 e. The summed E-state index contributed by atoms with van der Waals surface area (Å²) in [6.45, 7) is -0.365. The summed E-state index contributed by atoms with van der Waals surface area (Å²) < 4.78 is 29.1. The van der Waals surface area contributed by atoms with Gasteiger partial charge in [0.25, 0.3) is 11.8 Å². The van der Waals surface area contributed by atoms with Gasteiger partial charge in [-0.2, -0.15) is 0 Å². The van der Waals surface area contributed by atoms with Gasteiger partial charge in [0.2, 0.25) is 0 Å². The number of carbonyl (C=O) groups is 3. The fourth-order valence-electron chi connectivity index (χ4n) is 3.13. The van der Waals surface area contributed by atoms with Crippen LogP contribution in [0.1, 0.15) is 32.7 Å². The van der Waals surface area contributed by atoms with Crippen molar-refractivity contribution in [3.8, 4) is 0 Å². The van der Waals surface area contributed by atoms with Crippen LogP contribution in [0.15, 0.2) is 54.6 Å². The number of hydrogen-bond donors (Lipinski definition) is 0. The van der Waals surface area contributed by atoms with E-state index in [0.717, 1.165) is 10.5 Å². The summed E-state index contributed by atoms with van der Waals surface area (Å²) in [4.78, 5) is 37.3. The summed E-state index contributed by atoms with van der Waals surface area (Å²) in [5.74, 6) is -2.62. The second kappa shape index (κ2) is 9.00. The molecule has 0 fully saturated rings. The van der Waals surface area contributed by atoms with Crippen molar-refractivity contribution in [2.45, 2.75) is 12.8 Å². The third-order valence-electron chi connectivity index (χ3n) is 4.56. The van der Waals surface area contributed by atoms with Crippen LogP contribution < -0.4 is 0 Å². The zero-order chi connectivity index (χ0) is 20.9. The van der Waals surface area contributed by atoms with E-state index in [9.17, 15) is 22.8 Å². The molecule has 1 aliphatic rings. The van der Waals surface area contributed by atoms with Gasteiger partial charge in [0.1, 0.15) is 12.4 Å². The van der Waals surface area contributed by atoms with Gasteiger partial charge in [-0.15, -0.1) is 0 Å². The van der Waals surface area contributed by atoms with Crippen LogP contribution in [-0.4, -0.2) is 55.8 Å². The highest BCUT2D eigenvalue weighted by molar-refractivity contribution is 7.92. The van der Waals surface area contributed by atoms with Crippen molar-refractivity contribution in [1.82, 2.24) is 4.90 Å². The number of esters is 1. The molecule has 0 aliphatic carbocycles. The Kier molecular flexibility index (Phi) is 6.43. The fourth-order valence-corrected chi connectivity index (χ4v) is 4.30. The molecular weight excluding hydrogens is 394 g/mol. The number of benzene rings is 2. The quantitative estimate of drug-likeness (QED) is 0.458. The Bertz CT molecular complexity index is 981. The average molecular weight is 415 g/mol. The van der Waals surface area contributed by atoms with Gasteiger partial charge in [-0.05, 0) is 30.5 Å². The molecule has 3 rings (SSSR count). The Morgan fingerprint density at radius 3 is 2.10 bits per heavy atom. The molecule has 0 bridgehead atoms. The van der Waals surface area contributed by atoms with Gasteiger partial charge in [-0.3, -0.25) is 19.3 Å². The van der Waals surface area contributed by atoms with E-state index in [1.165, 1.54) is 0 Å². The number of sulfone groups is 1. The lowest BCUT2D eigenvalue weighted by molar-refractivity contribution is -0.140. The molecule has 2 aromatic rings. The Balaban J connectivity index is 1.42. The molecule has 0 radical (unpaired) electrons. The predicted octanol–water partition coefficient (Wildman–Crippen LogP) is 1.87. The molecule has 1 aliphatic heterocycles. The van der Waals surface area contributed by atoms with Gasteiger partial charge in [0.15, 0.2) is 9.84 Å². The molecule has 8 heteroatoms. The summed E-state index contributed by atoms with van der Waals surface area (Å²) in [6.07, 6.45) is 1.02. The lowest BCUT2D eigenvalue weighted by Gasteiger charge is -2.13. The van der Waals surface area contributed by atoms with Crippen LogP contribution in [-0.2, 0) is 25.8 Å². The van der Waals surface area contributed by atoms with E-state index in [-0.39, 0.29) is 18.9 Å².